The fourth-order valence-corrected chi connectivity index (χ4v) is 7.33. The maximum absolute atomic E-state index is 13.8. The lowest BCUT2D eigenvalue weighted by Gasteiger charge is -2.34. The lowest BCUT2D eigenvalue weighted by atomic mass is 9.88. The summed E-state index contributed by atoms with van der Waals surface area (Å²) in [4.78, 5) is 19.0. The summed E-state index contributed by atoms with van der Waals surface area (Å²) in [6.45, 7) is 3.30. The maximum Gasteiger partial charge on any atom is 0.254 e. The Morgan fingerprint density at radius 1 is 1.02 bits per heavy atom. The van der Waals surface area contributed by atoms with Crippen LogP contribution in [0.2, 0.25) is 10.0 Å². The van der Waals surface area contributed by atoms with Gasteiger partial charge in [-0.05, 0) is 97.0 Å². The number of hydrogen-bond acceptors (Lipinski definition) is 4. The summed E-state index contributed by atoms with van der Waals surface area (Å²) < 4.78 is 12.3. The molecule has 1 saturated heterocycles. The number of likely N-dealkylation sites (tertiary alicyclic amines) is 1. The number of benzene rings is 4. The van der Waals surface area contributed by atoms with Gasteiger partial charge in [0.15, 0.2) is 0 Å². The molecular weight excluding hydrogens is 597 g/mol. The molecule has 5 nitrogen and oxygen atoms in total. The van der Waals surface area contributed by atoms with Crippen LogP contribution in [-0.4, -0.2) is 59.4 Å². The highest BCUT2D eigenvalue weighted by Crippen LogP contribution is 2.33. The molecule has 8 heteroatoms. The lowest BCUT2D eigenvalue weighted by molar-refractivity contribution is 0.0783. The molecule has 0 N–H and O–H groups in total. The van der Waals surface area contributed by atoms with Gasteiger partial charge >= 0.3 is 0 Å². The number of nitriles is 1. The first-order chi connectivity index (χ1) is 20.7. The average Bonchev–Trinajstić information content (AvgIpc) is 3.03. The van der Waals surface area contributed by atoms with Gasteiger partial charge in [0.25, 0.3) is 5.91 Å². The molecule has 2 atom stereocenters. The molecule has 1 fully saturated rings. The molecule has 1 aliphatic heterocycles. The van der Waals surface area contributed by atoms with Crippen LogP contribution < -0.4 is 0 Å². The summed E-state index contributed by atoms with van der Waals surface area (Å²) in [5, 5.41) is 12.3. The number of piperidine rings is 1. The molecule has 0 radical (unpaired) electrons. The maximum atomic E-state index is 13.8. The molecule has 0 saturated carbocycles. The van der Waals surface area contributed by atoms with Crippen LogP contribution in [0.4, 0.5) is 0 Å². The van der Waals surface area contributed by atoms with Gasteiger partial charge in [0.2, 0.25) is 0 Å². The fraction of sp³-hybridized carbons (Fsp3) is 0.314. The zero-order valence-corrected chi connectivity index (χ0v) is 26.8. The molecule has 43 heavy (non-hydrogen) atoms. The summed E-state index contributed by atoms with van der Waals surface area (Å²) in [5.74, 6) is 0.325. The minimum absolute atomic E-state index is 0.0371. The summed E-state index contributed by atoms with van der Waals surface area (Å²) in [5.41, 5.74) is 3.25. The molecular formula is C35H35Cl2N3O2S. The molecule has 4 aromatic carbocycles. The van der Waals surface area contributed by atoms with Crippen molar-refractivity contribution in [1.82, 2.24) is 9.80 Å². The first-order valence-electron chi connectivity index (χ1n) is 14.5. The number of amides is 1. The van der Waals surface area contributed by atoms with Gasteiger partial charge in [-0.1, -0.05) is 71.7 Å². The van der Waals surface area contributed by atoms with Crippen LogP contribution >= 0.6 is 23.2 Å². The van der Waals surface area contributed by atoms with Gasteiger partial charge in [-0.25, -0.2) is 0 Å². The van der Waals surface area contributed by atoms with Crippen LogP contribution in [-0.2, 0) is 10.8 Å². The molecule has 4 aromatic rings. The second kappa shape index (κ2) is 14.1. The Bertz CT molecular complexity index is 1690. The molecule has 5 rings (SSSR count). The third kappa shape index (κ3) is 7.30. The Kier molecular flexibility index (Phi) is 10.2. The van der Waals surface area contributed by atoms with Gasteiger partial charge in [-0.3, -0.25) is 9.00 Å². The highest BCUT2D eigenvalue weighted by atomic mass is 35.5. The summed E-state index contributed by atoms with van der Waals surface area (Å²) in [6.07, 6.45) is 4.63. The van der Waals surface area contributed by atoms with Gasteiger partial charge < -0.3 is 9.80 Å². The second-order valence-electron chi connectivity index (χ2n) is 11.3. The zero-order valence-electron chi connectivity index (χ0n) is 24.4. The number of nitrogens with zero attached hydrogens (tertiary/aromatic N) is 3. The standard InChI is InChI=1S/C35H35Cl2N3O2S/c1-39(35(41)31-20-24(22-38)19-27-7-3-4-8-29(27)31)23-28(26-11-12-32(36)33(37)21-26)15-18-40-16-13-25(14-17-40)30-9-5-6-10-34(30)43(2)42/h3-12,19-21,25,28H,13-18,23H2,1-2H3/t28-,43-/m1/s1. The molecule has 222 valence electrons. The third-order valence-electron chi connectivity index (χ3n) is 8.53. The SMILES string of the molecule is CN(C[C@@H](CCN1CCC(c2ccccc2[S@@](C)=O)CC1)c1ccc(Cl)c(Cl)c1)C(=O)c1cc(C#N)cc2ccccc12. The van der Waals surface area contributed by atoms with E-state index in [4.69, 9.17) is 23.2 Å². The van der Waals surface area contributed by atoms with Gasteiger partial charge in [0, 0.05) is 36.2 Å². The van der Waals surface area contributed by atoms with E-state index >= 15 is 0 Å². The van der Waals surface area contributed by atoms with Crippen molar-refractivity contribution < 1.29 is 9.00 Å². The van der Waals surface area contributed by atoms with Crippen molar-refractivity contribution in [3.05, 3.63) is 111 Å². The van der Waals surface area contributed by atoms with E-state index in [1.807, 2.05) is 73.8 Å². The summed E-state index contributed by atoms with van der Waals surface area (Å²) in [6, 6.07) is 27.2. The predicted molar refractivity (Wildman–Crippen MR) is 177 cm³/mol. The lowest BCUT2D eigenvalue weighted by Crippen LogP contribution is -2.36. The van der Waals surface area contributed by atoms with Crippen molar-refractivity contribution in [2.24, 2.45) is 0 Å². The molecule has 0 unspecified atom stereocenters. The minimum atomic E-state index is -1.00. The Balaban J connectivity index is 1.31. The second-order valence-corrected chi connectivity index (χ2v) is 13.5. The summed E-state index contributed by atoms with van der Waals surface area (Å²) in [7, 11) is 0.820. The molecule has 0 aliphatic carbocycles. The summed E-state index contributed by atoms with van der Waals surface area (Å²) >= 11 is 12.7. The van der Waals surface area contributed by atoms with E-state index in [1.54, 1.807) is 17.2 Å². The normalized spacial score (nSPS) is 15.6. The van der Waals surface area contributed by atoms with E-state index in [-0.39, 0.29) is 11.8 Å². The highest BCUT2D eigenvalue weighted by Gasteiger charge is 2.26. The fourth-order valence-electron chi connectivity index (χ4n) is 6.19. The minimum Gasteiger partial charge on any atom is -0.341 e. The zero-order chi connectivity index (χ0) is 30.5. The van der Waals surface area contributed by atoms with Crippen molar-refractivity contribution in [3.63, 3.8) is 0 Å². The van der Waals surface area contributed by atoms with Crippen LogP contribution in [0.25, 0.3) is 10.8 Å². The van der Waals surface area contributed by atoms with Crippen molar-refractivity contribution in [1.29, 1.82) is 5.26 Å². The quantitative estimate of drug-likeness (QED) is 0.188. The Labute approximate surface area is 266 Å². The number of rotatable bonds is 9. The van der Waals surface area contributed by atoms with Crippen LogP contribution in [0.1, 0.15) is 58.1 Å². The van der Waals surface area contributed by atoms with E-state index in [0.717, 1.165) is 60.1 Å². The van der Waals surface area contributed by atoms with Crippen LogP contribution in [0.15, 0.2) is 83.8 Å². The Morgan fingerprint density at radius 3 is 2.47 bits per heavy atom. The smallest absolute Gasteiger partial charge is 0.254 e. The van der Waals surface area contributed by atoms with Crippen molar-refractivity contribution in [2.45, 2.75) is 36.0 Å². The largest absolute Gasteiger partial charge is 0.341 e. The first kappa shape index (κ1) is 31.2. The number of likely N-dealkylation sites (N-methyl/N-ethyl adjacent to an activating group) is 1. The Hall–Kier alpha value is -3.21. The van der Waals surface area contributed by atoms with Crippen molar-refractivity contribution in [2.75, 3.05) is 39.5 Å². The predicted octanol–water partition coefficient (Wildman–Crippen LogP) is 7.88. The van der Waals surface area contributed by atoms with E-state index in [2.05, 4.69) is 17.0 Å². The number of carbonyl (C=O) groups excluding carboxylic acids is 1. The number of fused-ring (bicyclic) bond motifs is 1. The molecule has 0 spiro atoms. The van der Waals surface area contributed by atoms with Crippen molar-refractivity contribution in [3.8, 4) is 6.07 Å². The van der Waals surface area contributed by atoms with Crippen LogP contribution in [0.5, 0.6) is 0 Å². The van der Waals surface area contributed by atoms with Crippen LogP contribution in [0, 0.1) is 11.3 Å². The van der Waals surface area contributed by atoms with Gasteiger partial charge in [-0.2, -0.15) is 5.26 Å². The topological polar surface area (TPSA) is 64.4 Å². The van der Waals surface area contributed by atoms with E-state index in [0.29, 0.717) is 33.6 Å². The monoisotopic (exact) mass is 631 g/mol. The first-order valence-corrected chi connectivity index (χ1v) is 16.8. The van der Waals surface area contributed by atoms with Gasteiger partial charge in [0.1, 0.15) is 0 Å². The number of hydrogen-bond donors (Lipinski definition) is 0. The van der Waals surface area contributed by atoms with E-state index in [1.165, 1.54) is 5.56 Å². The van der Waals surface area contributed by atoms with Crippen LogP contribution in [0.3, 0.4) is 0 Å². The van der Waals surface area contributed by atoms with E-state index < -0.39 is 10.8 Å². The molecule has 0 aromatic heterocycles. The van der Waals surface area contributed by atoms with E-state index in [9.17, 15) is 14.3 Å². The molecule has 1 heterocycles. The van der Waals surface area contributed by atoms with Crippen molar-refractivity contribution >= 4 is 50.7 Å². The molecule has 1 amide bonds. The average molecular weight is 633 g/mol. The van der Waals surface area contributed by atoms with Gasteiger partial charge in [0.05, 0.1) is 32.5 Å². The Morgan fingerprint density at radius 2 is 1.74 bits per heavy atom. The highest BCUT2D eigenvalue weighted by molar-refractivity contribution is 7.84. The molecule has 1 aliphatic rings. The van der Waals surface area contributed by atoms with Gasteiger partial charge in [-0.15, -0.1) is 0 Å². The number of carbonyl (C=O) groups is 1. The molecule has 0 bridgehead atoms. The third-order valence-corrected chi connectivity index (χ3v) is 10.3. The number of halogens is 2.